The van der Waals surface area contributed by atoms with E-state index in [1.807, 2.05) is 12.1 Å². The molecule has 0 atom stereocenters. The Morgan fingerprint density at radius 2 is 2.12 bits per heavy atom. The zero-order chi connectivity index (χ0) is 16.8. The minimum atomic E-state index is 0.639. The third-order valence-electron chi connectivity index (χ3n) is 4.91. The molecule has 0 unspecified atom stereocenters. The number of benzene rings is 1. The van der Waals surface area contributed by atoms with Gasteiger partial charge in [-0.25, -0.2) is 0 Å². The molecule has 0 spiro atoms. The summed E-state index contributed by atoms with van der Waals surface area (Å²) >= 11 is 0. The maximum Gasteiger partial charge on any atom is 0.241 e. The summed E-state index contributed by atoms with van der Waals surface area (Å²) in [5.74, 6) is 4.16. The Morgan fingerprint density at radius 1 is 1.20 bits per heavy atom. The smallest absolute Gasteiger partial charge is 0.241 e. The van der Waals surface area contributed by atoms with Crippen molar-refractivity contribution in [2.75, 3.05) is 6.54 Å². The highest BCUT2D eigenvalue weighted by Gasteiger charge is 2.32. The van der Waals surface area contributed by atoms with Gasteiger partial charge in [0.25, 0.3) is 0 Å². The number of hydrogen-bond acceptors (Lipinski definition) is 6. The van der Waals surface area contributed by atoms with E-state index in [1.54, 1.807) is 0 Å². The molecule has 0 amide bonds. The Morgan fingerprint density at radius 3 is 2.96 bits per heavy atom. The molecule has 1 saturated carbocycles. The highest BCUT2D eigenvalue weighted by molar-refractivity contribution is 5.55. The van der Waals surface area contributed by atoms with Crippen LogP contribution in [0.4, 0.5) is 0 Å². The molecular weight excluding hydrogens is 316 g/mol. The summed E-state index contributed by atoms with van der Waals surface area (Å²) in [4.78, 5) is 6.84. The molecule has 25 heavy (non-hydrogen) atoms. The highest BCUT2D eigenvalue weighted by atomic mass is 16.5. The van der Waals surface area contributed by atoms with Gasteiger partial charge in [-0.3, -0.25) is 4.90 Å². The molecule has 0 N–H and O–H groups in total. The number of aromatic nitrogens is 5. The molecule has 3 aromatic rings. The van der Waals surface area contributed by atoms with Gasteiger partial charge >= 0.3 is 0 Å². The number of nitrogens with zero attached hydrogens (tertiary/aromatic N) is 6. The quantitative estimate of drug-likeness (QED) is 0.729. The summed E-state index contributed by atoms with van der Waals surface area (Å²) < 4.78 is 7.75. The maximum atomic E-state index is 5.46. The van der Waals surface area contributed by atoms with Crippen molar-refractivity contribution < 1.29 is 4.52 Å². The molecule has 1 aliphatic heterocycles. The lowest BCUT2D eigenvalue weighted by Gasteiger charge is -2.26. The third kappa shape index (κ3) is 2.84. The Balaban J connectivity index is 1.30. The molecule has 0 radical (unpaired) electrons. The lowest BCUT2D eigenvalue weighted by Crippen LogP contribution is -2.34. The van der Waals surface area contributed by atoms with Crippen molar-refractivity contribution in [2.24, 2.45) is 0 Å². The molecule has 1 aliphatic carbocycles. The van der Waals surface area contributed by atoms with Crippen LogP contribution in [-0.2, 0) is 19.6 Å². The van der Waals surface area contributed by atoms with Gasteiger partial charge in [0.15, 0.2) is 0 Å². The average molecular weight is 336 g/mol. The molecule has 2 aliphatic rings. The van der Waals surface area contributed by atoms with Crippen molar-refractivity contribution >= 4 is 0 Å². The van der Waals surface area contributed by atoms with Crippen LogP contribution >= 0.6 is 0 Å². The minimum absolute atomic E-state index is 0.639. The summed E-state index contributed by atoms with van der Waals surface area (Å²) in [6, 6.07) is 8.14. The Kier molecular flexibility index (Phi) is 3.41. The second-order valence-electron chi connectivity index (χ2n) is 6.99. The van der Waals surface area contributed by atoms with Crippen LogP contribution in [0.2, 0.25) is 0 Å². The lowest BCUT2D eigenvalue weighted by atomic mass is 10.1. The average Bonchev–Trinajstić information content (AvgIpc) is 3.20. The number of aryl methyl sites for hydroxylation is 1. The normalized spacial score (nSPS) is 17.6. The van der Waals surface area contributed by atoms with E-state index in [9.17, 15) is 0 Å². The van der Waals surface area contributed by atoms with Crippen molar-refractivity contribution in [2.45, 2.75) is 45.3 Å². The SMILES string of the molecule is Cc1cccc(-c2noc(CN3CCn4c(nnc4C4CC4)C3)n2)c1. The highest BCUT2D eigenvalue weighted by Crippen LogP contribution is 2.39. The van der Waals surface area contributed by atoms with Crippen LogP contribution in [0, 0.1) is 6.92 Å². The van der Waals surface area contributed by atoms with Crippen molar-refractivity contribution in [3.8, 4) is 11.4 Å². The van der Waals surface area contributed by atoms with Crippen LogP contribution < -0.4 is 0 Å². The first-order valence-electron chi connectivity index (χ1n) is 8.80. The van der Waals surface area contributed by atoms with E-state index in [2.05, 4.69) is 48.9 Å². The van der Waals surface area contributed by atoms with Gasteiger partial charge in [-0.1, -0.05) is 28.9 Å². The molecule has 1 fully saturated rings. The van der Waals surface area contributed by atoms with Gasteiger partial charge < -0.3 is 9.09 Å². The van der Waals surface area contributed by atoms with Gasteiger partial charge in [-0.15, -0.1) is 10.2 Å². The zero-order valence-electron chi connectivity index (χ0n) is 14.2. The molecule has 3 heterocycles. The van der Waals surface area contributed by atoms with E-state index in [0.717, 1.165) is 31.0 Å². The predicted octanol–water partition coefficient (Wildman–Crippen LogP) is 2.53. The number of fused-ring (bicyclic) bond motifs is 1. The zero-order valence-corrected chi connectivity index (χ0v) is 14.2. The van der Waals surface area contributed by atoms with Crippen molar-refractivity contribution in [3.05, 3.63) is 47.4 Å². The van der Waals surface area contributed by atoms with Crippen LogP contribution in [0.5, 0.6) is 0 Å². The van der Waals surface area contributed by atoms with Gasteiger partial charge in [0.05, 0.1) is 13.1 Å². The summed E-state index contributed by atoms with van der Waals surface area (Å²) in [5, 5.41) is 12.9. The van der Waals surface area contributed by atoms with Gasteiger partial charge in [-0.2, -0.15) is 4.98 Å². The summed E-state index contributed by atoms with van der Waals surface area (Å²) in [6.07, 6.45) is 2.51. The summed E-state index contributed by atoms with van der Waals surface area (Å²) in [5.41, 5.74) is 2.17. The maximum absolute atomic E-state index is 5.46. The van der Waals surface area contributed by atoms with Crippen LogP contribution in [0.25, 0.3) is 11.4 Å². The van der Waals surface area contributed by atoms with Gasteiger partial charge in [-0.05, 0) is 25.8 Å². The molecule has 7 heteroatoms. The first-order chi connectivity index (χ1) is 12.3. The van der Waals surface area contributed by atoms with Crippen molar-refractivity contribution in [1.29, 1.82) is 0 Å². The van der Waals surface area contributed by atoms with E-state index in [-0.39, 0.29) is 0 Å². The van der Waals surface area contributed by atoms with E-state index in [1.165, 1.54) is 24.2 Å². The van der Waals surface area contributed by atoms with Crippen molar-refractivity contribution in [3.63, 3.8) is 0 Å². The minimum Gasteiger partial charge on any atom is -0.338 e. The Labute approximate surface area is 145 Å². The first kappa shape index (κ1) is 14.8. The van der Waals surface area contributed by atoms with Crippen molar-refractivity contribution in [1.82, 2.24) is 29.8 Å². The van der Waals surface area contributed by atoms with Gasteiger partial charge in [0, 0.05) is 24.6 Å². The van der Waals surface area contributed by atoms with Crippen LogP contribution in [0.3, 0.4) is 0 Å². The molecule has 7 nitrogen and oxygen atoms in total. The molecule has 0 bridgehead atoms. The van der Waals surface area contributed by atoms with Crippen LogP contribution in [-0.4, -0.2) is 36.3 Å². The Hall–Kier alpha value is -2.54. The molecule has 0 saturated heterocycles. The fraction of sp³-hybridized carbons (Fsp3) is 0.444. The van der Waals surface area contributed by atoms with E-state index < -0.39 is 0 Å². The fourth-order valence-corrected chi connectivity index (χ4v) is 3.42. The van der Waals surface area contributed by atoms with Crippen LogP contribution in [0.15, 0.2) is 28.8 Å². The molecule has 2 aromatic heterocycles. The summed E-state index contributed by atoms with van der Waals surface area (Å²) in [7, 11) is 0. The monoisotopic (exact) mass is 336 g/mol. The number of rotatable bonds is 4. The summed E-state index contributed by atoms with van der Waals surface area (Å²) in [6.45, 7) is 5.37. The van der Waals surface area contributed by atoms with Gasteiger partial charge in [0.2, 0.25) is 11.7 Å². The predicted molar refractivity (Wildman–Crippen MR) is 90.6 cm³/mol. The molecule has 5 rings (SSSR count). The largest absolute Gasteiger partial charge is 0.338 e. The second kappa shape index (κ2) is 5.77. The number of hydrogen-bond donors (Lipinski definition) is 0. The standard InChI is InChI=1S/C18H20N6O/c1-12-3-2-4-14(9-12)17-19-16(25-22-17)11-23-7-8-24-15(10-23)20-21-18(24)13-5-6-13/h2-4,9,13H,5-8,10-11H2,1H3. The van der Waals surface area contributed by atoms with Crippen LogP contribution in [0.1, 0.15) is 41.9 Å². The molecule has 1 aromatic carbocycles. The van der Waals surface area contributed by atoms with Gasteiger partial charge in [0.1, 0.15) is 11.6 Å². The fourth-order valence-electron chi connectivity index (χ4n) is 3.42. The van der Waals surface area contributed by atoms with E-state index in [0.29, 0.717) is 24.2 Å². The topological polar surface area (TPSA) is 72.9 Å². The lowest BCUT2D eigenvalue weighted by molar-refractivity contribution is 0.182. The molecular formula is C18H20N6O. The van der Waals surface area contributed by atoms with E-state index in [4.69, 9.17) is 4.52 Å². The third-order valence-corrected chi connectivity index (χ3v) is 4.91. The second-order valence-corrected chi connectivity index (χ2v) is 6.99. The Bertz CT molecular complexity index is 910. The van der Waals surface area contributed by atoms with E-state index >= 15 is 0 Å². The first-order valence-corrected chi connectivity index (χ1v) is 8.80. The molecule has 128 valence electrons.